The Labute approximate surface area is 118 Å². The Morgan fingerprint density at radius 3 is 1.60 bits per heavy atom. The van der Waals surface area contributed by atoms with Crippen LogP contribution in [0.4, 0.5) is 11.6 Å². The van der Waals surface area contributed by atoms with Gasteiger partial charge in [-0.25, -0.2) is 4.98 Å². The first-order valence-electron chi connectivity index (χ1n) is 6.83. The Kier molecular flexibility index (Phi) is 2.49. The van der Waals surface area contributed by atoms with Crippen molar-refractivity contribution in [2.45, 2.75) is 27.7 Å². The second-order valence-electron chi connectivity index (χ2n) is 6.90. The molecule has 3 rings (SSSR count). The predicted molar refractivity (Wildman–Crippen MR) is 76.5 cm³/mol. The third-order valence-electron chi connectivity index (χ3n) is 4.03. The average Bonchev–Trinajstić information content (AvgIpc) is 2.42. The van der Waals surface area contributed by atoms with E-state index in [0.29, 0.717) is 24.7 Å². The first-order valence-corrected chi connectivity index (χ1v) is 6.83. The highest BCUT2D eigenvalue weighted by Crippen LogP contribution is 2.37. The number of hydrogen-bond donors (Lipinski definition) is 0. The molecule has 0 aliphatic carbocycles. The lowest BCUT2D eigenvalue weighted by molar-refractivity contribution is -0.133. The van der Waals surface area contributed by atoms with Crippen molar-refractivity contribution in [3.8, 4) is 0 Å². The molecule has 0 bridgehead atoms. The second-order valence-corrected chi connectivity index (χ2v) is 6.90. The molecule has 106 valence electrons. The van der Waals surface area contributed by atoms with Crippen LogP contribution in [0.15, 0.2) is 18.2 Å². The van der Waals surface area contributed by atoms with E-state index in [0.717, 1.165) is 0 Å². The van der Waals surface area contributed by atoms with Crippen molar-refractivity contribution in [1.29, 1.82) is 0 Å². The molecule has 5 heteroatoms. The molecule has 2 saturated heterocycles. The number of rotatable bonds is 2. The van der Waals surface area contributed by atoms with E-state index in [1.54, 1.807) is 9.80 Å². The lowest BCUT2D eigenvalue weighted by atomic mass is 9.83. The summed E-state index contributed by atoms with van der Waals surface area (Å²) >= 11 is 0. The van der Waals surface area contributed by atoms with Crippen molar-refractivity contribution in [3.05, 3.63) is 18.2 Å². The maximum atomic E-state index is 12.0. The molecule has 2 aliphatic rings. The van der Waals surface area contributed by atoms with E-state index in [2.05, 4.69) is 4.98 Å². The van der Waals surface area contributed by atoms with E-state index >= 15 is 0 Å². The van der Waals surface area contributed by atoms with Gasteiger partial charge in [-0.05, 0) is 39.8 Å². The molecule has 0 radical (unpaired) electrons. The van der Waals surface area contributed by atoms with Crippen molar-refractivity contribution in [3.63, 3.8) is 0 Å². The molecule has 5 nitrogen and oxygen atoms in total. The van der Waals surface area contributed by atoms with Crippen LogP contribution < -0.4 is 9.80 Å². The van der Waals surface area contributed by atoms with Crippen LogP contribution in [0.1, 0.15) is 27.7 Å². The number of aromatic nitrogens is 1. The van der Waals surface area contributed by atoms with E-state index in [-0.39, 0.29) is 22.6 Å². The fourth-order valence-corrected chi connectivity index (χ4v) is 2.70. The van der Waals surface area contributed by atoms with Crippen LogP contribution in [0.2, 0.25) is 0 Å². The first kappa shape index (κ1) is 13.1. The number of amides is 2. The maximum absolute atomic E-state index is 12.0. The Morgan fingerprint density at radius 2 is 1.30 bits per heavy atom. The number of nitrogens with zero attached hydrogens (tertiary/aromatic N) is 3. The molecular weight excluding hydrogens is 254 g/mol. The highest BCUT2D eigenvalue weighted by Gasteiger charge is 2.47. The molecule has 20 heavy (non-hydrogen) atoms. The number of pyridine rings is 1. The molecule has 1 aromatic rings. The minimum Gasteiger partial charge on any atom is -0.295 e. The van der Waals surface area contributed by atoms with Gasteiger partial charge in [0, 0.05) is 13.1 Å². The lowest BCUT2D eigenvalue weighted by Gasteiger charge is -2.45. The fourth-order valence-electron chi connectivity index (χ4n) is 2.70. The Morgan fingerprint density at radius 1 is 0.900 bits per heavy atom. The SMILES string of the molecule is CC1(C)CN(c2cccc(N3CC(C)(C)C3=O)n2)C1=O. The van der Waals surface area contributed by atoms with Crippen molar-refractivity contribution in [2.24, 2.45) is 10.8 Å². The molecule has 2 amide bonds. The van der Waals surface area contributed by atoms with Gasteiger partial charge in [-0.3, -0.25) is 19.4 Å². The Balaban J connectivity index is 1.82. The molecule has 0 atom stereocenters. The minimum absolute atomic E-state index is 0.0809. The van der Waals surface area contributed by atoms with E-state index in [1.165, 1.54) is 0 Å². The molecule has 2 aliphatic heterocycles. The maximum Gasteiger partial charge on any atom is 0.235 e. The van der Waals surface area contributed by atoms with Crippen molar-refractivity contribution in [1.82, 2.24) is 4.98 Å². The monoisotopic (exact) mass is 273 g/mol. The molecule has 0 unspecified atom stereocenters. The minimum atomic E-state index is -0.299. The molecule has 0 N–H and O–H groups in total. The molecule has 0 aromatic carbocycles. The summed E-state index contributed by atoms with van der Waals surface area (Å²) in [7, 11) is 0. The van der Waals surface area contributed by atoms with E-state index < -0.39 is 0 Å². The summed E-state index contributed by atoms with van der Waals surface area (Å²) in [5.74, 6) is 1.42. The van der Waals surface area contributed by atoms with Crippen LogP contribution in [0.3, 0.4) is 0 Å². The quantitative estimate of drug-likeness (QED) is 0.772. The van der Waals surface area contributed by atoms with Crippen LogP contribution in [-0.2, 0) is 9.59 Å². The van der Waals surface area contributed by atoms with Gasteiger partial charge in [0.1, 0.15) is 11.6 Å². The predicted octanol–water partition coefficient (Wildman–Crippen LogP) is 1.83. The van der Waals surface area contributed by atoms with E-state index in [9.17, 15) is 9.59 Å². The summed E-state index contributed by atoms with van der Waals surface area (Å²) in [6.07, 6.45) is 0. The number of carbonyl (C=O) groups excluding carboxylic acids is 2. The standard InChI is InChI=1S/C15H19N3O2/c1-14(2)8-17(12(14)19)10-6-5-7-11(16-10)18-9-15(3,4)13(18)20/h5-7H,8-9H2,1-4H3. The van der Waals surface area contributed by atoms with Gasteiger partial charge in [-0.15, -0.1) is 0 Å². The normalized spacial score (nSPS) is 23.4. The van der Waals surface area contributed by atoms with Gasteiger partial charge in [0.05, 0.1) is 10.8 Å². The molecule has 1 aromatic heterocycles. The highest BCUT2D eigenvalue weighted by molar-refractivity contribution is 6.05. The highest BCUT2D eigenvalue weighted by atomic mass is 16.2. The summed E-state index contributed by atoms with van der Waals surface area (Å²) < 4.78 is 0. The molecule has 2 fully saturated rings. The third-order valence-corrected chi connectivity index (χ3v) is 4.03. The first-order chi connectivity index (χ1) is 9.22. The largest absolute Gasteiger partial charge is 0.295 e. The summed E-state index contributed by atoms with van der Waals surface area (Å²) in [4.78, 5) is 31.8. The van der Waals surface area contributed by atoms with Crippen LogP contribution in [0.5, 0.6) is 0 Å². The van der Waals surface area contributed by atoms with Crippen molar-refractivity contribution in [2.75, 3.05) is 22.9 Å². The Bertz CT molecular complexity index is 558. The van der Waals surface area contributed by atoms with Gasteiger partial charge >= 0.3 is 0 Å². The summed E-state index contributed by atoms with van der Waals surface area (Å²) in [6.45, 7) is 9.05. The number of anilines is 2. The van der Waals surface area contributed by atoms with Gasteiger partial charge in [0.25, 0.3) is 0 Å². The van der Waals surface area contributed by atoms with Crippen LogP contribution >= 0.6 is 0 Å². The van der Waals surface area contributed by atoms with Gasteiger partial charge in [0.2, 0.25) is 11.8 Å². The summed E-state index contributed by atoms with van der Waals surface area (Å²) in [5, 5.41) is 0. The van der Waals surface area contributed by atoms with Gasteiger partial charge < -0.3 is 0 Å². The molecular formula is C15H19N3O2. The number of hydrogen-bond acceptors (Lipinski definition) is 3. The molecule has 3 heterocycles. The van der Waals surface area contributed by atoms with E-state index in [4.69, 9.17) is 0 Å². The lowest BCUT2D eigenvalue weighted by Crippen LogP contribution is -2.60. The van der Waals surface area contributed by atoms with E-state index in [1.807, 2.05) is 45.9 Å². The van der Waals surface area contributed by atoms with Crippen molar-refractivity contribution < 1.29 is 9.59 Å². The molecule has 0 saturated carbocycles. The van der Waals surface area contributed by atoms with Gasteiger partial charge in [-0.1, -0.05) is 6.07 Å². The Hall–Kier alpha value is -1.91. The second kappa shape index (κ2) is 3.81. The zero-order valence-electron chi connectivity index (χ0n) is 12.3. The van der Waals surface area contributed by atoms with Crippen LogP contribution in [0.25, 0.3) is 0 Å². The van der Waals surface area contributed by atoms with Gasteiger partial charge in [0.15, 0.2) is 0 Å². The topological polar surface area (TPSA) is 53.5 Å². The number of β-lactam (4-membered cyclic amide) rings is 2. The zero-order chi connectivity index (χ0) is 14.7. The zero-order valence-corrected chi connectivity index (χ0v) is 12.3. The van der Waals surface area contributed by atoms with Crippen LogP contribution in [-0.4, -0.2) is 29.9 Å². The summed E-state index contributed by atoms with van der Waals surface area (Å²) in [6, 6.07) is 5.47. The van der Waals surface area contributed by atoms with Gasteiger partial charge in [-0.2, -0.15) is 0 Å². The summed E-state index contributed by atoms with van der Waals surface area (Å²) in [5.41, 5.74) is -0.599. The number of carbonyl (C=O) groups is 2. The smallest absolute Gasteiger partial charge is 0.235 e. The van der Waals surface area contributed by atoms with Crippen molar-refractivity contribution >= 4 is 23.5 Å². The fraction of sp³-hybridized carbons (Fsp3) is 0.533. The molecule has 0 spiro atoms. The third kappa shape index (κ3) is 1.72. The average molecular weight is 273 g/mol. The van der Waals surface area contributed by atoms with Crippen LogP contribution in [0, 0.1) is 10.8 Å².